The second-order valence-electron chi connectivity index (χ2n) is 4.10. The number of hydrogen-bond donors (Lipinski definition) is 1. The molecule has 0 aliphatic rings. The number of nitrogens with zero attached hydrogens (tertiary/aromatic N) is 2. The van der Waals surface area contributed by atoms with E-state index in [1.807, 2.05) is 0 Å². The molecule has 0 radical (unpaired) electrons. The Bertz CT molecular complexity index is 708. The van der Waals surface area contributed by atoms with Gasteiger partial charge in [-0.2, -0.15) is 5.10 Å². The van der Waals surface area contributed by atoms with E-state index in [2.05, 4.69) is 15.3 Å². The van der Waals surface area contributed by atoms with Gasteiger partial charge in [-0.3, -0.25) is 10.1 Å². The fraction of sp³-hybridized carbons (Fsp3) is 0.143. The van der Waals surface area contributed by atoms with Crippen LogP contribution in [-0.2, 0) is 4.74 Å². The van der Waals surface area contributed by atoms with Gasteiger partial charge in [0.2, 0.25) is 0 Å². The first-order valence-corrected chi connectivity index (χ1v) is 6.40. The standard InChI is InChI=1S/C14H13N3O5/c1-2-21-14(18)16-15-9-12-6-7-13(22-12)10-4-3-5-11(8-10)17(19)20/h3-9H,2H2,1H3,(H,16,18)/b15-9-. The van der Waals surface area contributed by atoms with E-state index in [-0.39, 0.29) is 12.3 Å². The molecule has 8 nitrogen and oxygen atoms in total. The van der Waals surface area contributed by atoms with Gasteiger partial charge in [0.1, 0.15) is 11.5 Å². The Balaban J connectivity index is 2.08. The summed E-state index contributed by atoms with van der Waals surface area (Å²) in [5.74, 6) is 0.847. The molecular weight excluding hydrogens is 290 g/mol. The lowest BCUT2D eigenvalue weighted by molar-refractivity contribution is -0.384. The van der Waals surface area contributed by atoms with E-state index in [0.29, 0.717) is 17.1 Å². The molecule has 0 spiro atoms. The largest absolute Gasteiger partial charge is 0.455 e. The second kappa shape index (κ2) is 7.02. The molecule has 0 saturated heterocycles. The van der Waals surface area contributed by atoms with Gasteiger partial charge in [-0.1, -0.05) is 12.1 Å². The third kappa shape index (κ3) is 3.92. The van der Waals surface area contributed by atoms with E-state index < -0.39 is 11.0 Å². The van der Waals surface area contributed by atoms with E-state index in [1.54, 1.807) is 31.2 Å². The number of amides is 1. The number of ether oxygens (including phenoxy) is 1. The Morgan fingerprint density at radius 2 is 2.27 bits per heavy atom. The predicted molar refractivity (Wildman–Crippen MR) is 78.6 cm³/mol. The van der Waals surface area contributed by atoms with Crippen LogP contribution in [0.2, 0.25) is 0 Å². The van der Waals surface area contributed by atoms with E-state index in [9.17, 15) is 14.9 Å². The summed E-state index contributed by atoms with van der Waals surface area (Å²) in [6.45, 7) is 1.93. The molecule has 0 aliphatic heterocycles. The number of nitrogens with one attached hydrogen (secondary N) is 1. The average Bonchev–Trinajstić information content (AvgIpc) is 2.96. The predicted octanol–water partition coefficient (Wildman–Crippen LogP) is 2.93. The third-order valence-corrected chi connectivity index (χ3v) is 2.59. The van der Waals surface area contributed by atoms with Crippen molar-refractivity contribution in [3.63, 3.8) is 0 Å². The normalized spacial score (nSPS) is 10.6. The second-order valence-corrected chi connectivity index (χ2v) is 4.10. The number of benzene rings is 1. The summed E-state index contributed by atoms with van der Waals surface area (Å²) in [7, 11) is 0. The van der Waals surface area contributed by atoms with Crippen molar-refractivity contribution in [1.82, 2.24) is 5.43 Å². The van der Waals surface area contributed by atoms with Crippen LogP contribution in [0.4, 0.5) is 10.5 Å². The Kier molecular flexibility index (Phi) is 4.86. The minimum absolute atomic E-state index is 0.0203. The van der Waals surface area contributed by atoms with Crippen LogP contribution in [0, 0.1) is 10.1 Å². The van der Waals surface area contributed by atoms with E-state index in [0.717, 1.165) is 0 Å². The van der Waals surface area contributed by atoms with Crippen molar-refractivity contribution in [2.24, 2.45) is 5.10 Å². The molecule has 8 heteroatoms. The molecule has 1 aromatic carbocycles. The van der Waals surface area contributed by atoms with Crippen molar-refractivity contribution < 1.29 is 18.9 Å². The number of carbonyl (C=O) groups excluding carboxylic acids is 1. The quantitative estimate of drug-likeness (QED) is 0.519. The zero-order valence-electron chi connectivity index (χ0n) is 11.7. The summed E-state index contributed by atoms with van der Waals surface area (Å²) in [4.78, 5) is 21.3. The van der Waals surface area contributed by atoms with E-state index >= 15 is 0 Å². The molecule has 0 unspecified atom stereocenters. The van der Waals surface area contributed by atoms with Crippen LogP contribution in [0.15, 0.2) is 45.9 Å². The molecule has 0 aliphatic carbocycles. The maximum absolute atomic E-state index is 11.0. The molecule has 1 amide bonds. The van der Waals surface area contributed by atoms with Crippen LogP contribution in [0.3, 0.4) is 0 Å². The van der Waals surface area contributed by atoms with Crippen LogP contribution in [0.5, 0.6) is 0 Å². The fourth-order valence-electron chi connectivity index (χ4n) is 1.66. The highest BCUT2D eigenvalue weighted by molar-refractivity contribution is 5.79. The highest BCUT2D eigenvalue weighted by atomic mass is 16.6. The molecule has 114 valence electrons. The maximum Gasteiger partial charge on any atom is 0.427 e. The van der Waals surface area contributed by atoms with Gasteiger partial charge >= 0.3 is 6.09 Å². The summed E-state index contributed by atoms with van der Waals surface area (Å²) < 4.78 is 10.1. The summed E-state index contributed by atoms with van der Waals surface area (Å²) >= 11 is 0. The van der Waals surface area contributed by atoms with Crippen molar-refractivity contribution in [2.45, 2.75) is 6.92 Å². The van der Waals surface area contributed by atoms with Crippen molar-refractivity contribution >= 4 is 18.0 Å². The minimum atomic E-state index is -0.663. The van der Waals surface area contributed by atoms with Crippen molar-refractivity contribution in [1.29, 1.82) is 0 Å². The van der Waals surface area contributed by atoms with Gasteiger partial charge in [-0.15, -0.1) is 0 Å². The molecule has 2 rings (SSSR count). The Morgan fingerprint density at radius 1 is 1.45 bits per heavy atom. The van der Waals surface area contributed by atoms with Gasteiger partial charge in [0.05, 0.1) is 17.7 Å². The number of non-ortho nitro benzene ring substituents is 1. The highest BCUT2D eigenvalue weighted by Crippen LogP contribution is 2.25. The van der Waals surface area contributed by atoms with Crippen LogP contribution < -0.4 is 5.43 Å². The summed E-state index contributed by atoms with van der Waals surface area (Å²) in [6, 6.07) is 9.37. The van der Waals surface area contributed by atoms with Crippen molar-refractivity contribution in [2.75, 3.05) is 6.61 Å². The van der Waals surface area contributed by atoms with Crippen LogP contribution in [-0.4, -0.2) is 23.8 Å². The maximum atomic E-state index is 11.0. The lowest BCUT2D eigenvalue weighted by Gasteiger charge is -1.98. The number of nitro benzene ring substituents is 1. The third-order valence-electron chi connectivity index (χ3n) is 2.59. The average molecular weight is 303 g/mol. The lowest BCUT2D eigenvalue weighted by atomic mass is 10.1. The molecule has 0 saturated carbocycles. The SMILES string of the molecule is CCOC(=O)N/N=C\c1ccc(-c2cccc([N+](=O)[O-])c2)o1. The molecule has 0 bridgehead atoms. The van der Waals surface area contributed by atoms with Gasteiger partial charge in [-0.25, -0.2) is 10.2 Å². The van der Waals surface area contributed by atoms with E-state index in [1.165, 1.54) is 18.3 Å². The van der Waals surface area contributed by atoms with Crippen molar-refractivity contribution in [3.05, 3.63) is 52.3 Å². The van der Waals surface area contributed by atoms with Crippen LogP contribution >= 0.6 is 0 Å². The first-order chi connectivity index (χ1) is 10.6. The number of hydrazone groups is 1. The Morgan fingerprint density at radius 3 is 3.00 bits per heavy atom. The zero-order valence-corrected chi connectivity index (χ0v) is 11.7. The van der Waals surface area contributed by atoms with Crippen LogP contribution in [0.1, 0.15) is 12.7 Å². The first-order valence-electron chi connectivity index (χ1n) is 6.40. The number of carbonyl (C=O) groups is 1. The van der Waals surface area contributed by atoms with Gasteiger partial charge < -0.3 is 9.15 Å². The first kappa shape index (κ1) is 15.2. The zero-order chi connectivity index (χ0) is 15.9. The van der Waals surface area contributed by atoms with Crippen LogP contribution in [0.25, 0.3) is 11.3 Å². The summed E-state index contributed by atoms with van der Waals surface area (Å²) in [5, 5.41) is 14.4. The molecule has 0 fully saturated rings. The molecule has 0 atom stereocenters. The van der Waals surface area contributed by atoms with Gasteiger partial charge in [0.25, 0.3) is 5.69 Å². The lowest BCUT2D eigenvalue weighted by Crippen LogP contribution is -2.18. The molecule has 1 aromatic heterocycles. The van der Waals surface area contributed by atoms with Gasteiger partial charge in [0.15, 0.2) is 0 Å². The smallest absolute Gasteiger partial charge is 0.427 e. The van der Waals surface area contributed by atoms with Gasteiger partial charge in [-0.05, 0) is 19.1 Å². The number of hydrogen-bond acceptors (Lipinski definition) is 6. The molecule has 2 aromatic rings. The fourth-order valence-corrected chi connectivity index (χ4v) is 1.66. The highest BCUT2D eigenvalue weighted by Gasteiger charge is 2.09. The Hall–Kier alpha value is -3.16. The van der Waals surface area contributed by atoms with E-state index in [4.69, 9.17) is 4.42 Å². The number of furan rings is 1. The van der Waals surface area contributed by atoms with Crippen molar-refractivity contribution in [3.8, 4) is 11.3 Å². The molecule has 22 heavy (non-hydrogen) atoms. The minimum Gasteiger partial charge on any atom is -0.455 e. The molecular formula is C14H13N3O5. The summed E-state index contributed by atoms with van der Waals surface area (Å²) in [6.07, 6.45) is 0.641. The Labute approximate surface area is 125 Å². The molecule has 1 heterocycles. The summed E-state index contributed by atoms with van der Waals surface area (Å²) in [5.41, 5.74) is 2.72. The topological polar surface area (TPSA) is 107 Å². The monoisotopic (exact) mass is 303 g/mol. The van der Waals surface area contributed by atoms with Gasteiger partial charge in [0, 0.05) is 17.7 Å². The number of nitro groups is 1. The molecule has 1 N–H and O–H groups in total. The number of rotatable bonds is 5.